The van der Waals surface area contributed by atoms with Gasteiger partial charge in [0, 0.05) is 29.7 Å². The summed E-state index contributed by atoms with van der Waals surface area (Å²) in [7, 11) is 0. The third-order valence-corrected chi connectivity index (χ3v) is 3.38. The van der Waals surface area contributed by atoms with E-state index < -0.39 is 0 Å². The van der Waals surface area contributed by atoms with Crippen molar-refractivity contribution < 1.29 is 4.74 Å². The third-order valence-electron chi connectivity index (χ3n) is 2.91. The van der Waals surface area contributed by atoms with E-state index in [1.165, 1.54) is 0 Å². The molecule has 88 valence electrons. The SMILES string of the molecule is CCNCC1CCOC1c1ccc(Br)cn1. The van der Waals surface area contributed by atoms with Gasteiger partial charge in [-0.2, -0.15) is 0 Å². The highest BCUT2D eigenvalue weighted by molar-refractivity contribution is 9.10. The number of nitrogens with one attached hydrogen (secondary N) is 1. The van der Waals surface area contributed by atoms with E-state index in [0.29, 0.717) is 5.92 Å². The van der Waals surface area contributed by atoms with Crippen LogP contribution in [0.2, 0.25) is 0 Å². The topological polar surface area (TPSA) is 34.1 Å². The van der Waals surface area contributed by atoms with Gasteiger partial charge in [-0.25, -0.2) is 0 Å². The maximum Gasteiger partial charge on any atom is 0.103 e. The van der Waals surface area contributed by atoms with Crippen molar-refractivity contribution in [2.45, 2.75) is 19.4 Å². The van der Waals surface area contributed by atoms with Crippen molar-refractivity contribution in [1.29, 1.82) is 0 Å². The monoisotopic (exact) mass is 284 g/mol. The molecule has 0 bridgehead atoms. The number of nitrogens with zero attached hydrogens (tertiary/aromatic N) is 1. The first kappa shape index (κ1) is 12.0. The number of hydrogen-bond donors (Lipinski definition) is 1. The van der Waals surface area contributed by atoms with Crippen LogP contribution in [-0.4, -0.2) is 24.7 Å². The standard InChI is InChI=1S/C12H17BrN2O/c1-2-14-7-9-5-6-16-12(9)11-4-3-10(13)8-15-11/h3-4,8-9,12,14H,2,5-7H2,1H3. The molecule has 1 aliphatic rings. The largest absolute Gasteiger partial charge is 0.372 e. The molecule has 2 atom stereocenters. The molecule has 3 nitrogen and oxygen atoms in total. The van der Waals surface area contributed by atoms with Crippen LogP contribution in [0.25, 0.3) is 0 Å². The Morgan fingerprint density at radius 1 is 1.56 bits per heavy atom. The number of ether oxygens (including phenoxy) is 1. The Morgan fingerprint density at radius 3 is 3.12 bits per heavy atom. The van der Waals surface area contributed by atoms with E-state index in [9.17, 15) is 0 Å². The summed E-state index contributed by atoms with van der Waals surface area (Å²) in [6, 6.07) is 4.06. The molecule has 0 aliphatic carbocycles. The first-order valence-corrected chi connectivity index (χ1v) is 6.54. The smallest absolute Gasteiger partial charge is 0.103 e. The molecule has 2 heterocycles. The zero-order chi connectivity index (χ0) is 11.4. The number of aromatic nitrogens is 1. The summed E-state index contributed by atoms with van der Waals surface area (Å²) >= 11 is 3.40. The van der Waals surface area contributed by atoms with Crippen molar-refractivity contribution in [1.82, 2.24) is 10.3 Å². The minimum atomic E-state index is 0.159. The van der Waals surface area contributed by atoms with Crippen LogP contribution < -0.4 is 5.32 Å². The van der Waals surface area contributed by atoms with Gasteiger partial charge in [0.2, 0.25) is 0 Å². The predicted molar refractivity (Wildman–Crippen MR) is 67.3 cm³/mol. The summed E-state index contributed by atoms with van der Waals surface area (Å²) in [5.74, 6) is 0.550. The molecule has 0 aromatic carbocycles. The van der Waals surface area contributed by atoms with Crippen LogP contribution in [0.4, 0.5) is 0 Å². The van der Waals surface area contributed by atoms with E-state index in [4.69, 9.17) is 4.74 Å². The summed E-state index contributed by atoms with van der Waals surface area (Å²) in [6.07, 6.45) is 3.11. The van der Waals surface area contributed by atoms with Crippen molar-refractivity contribution in [3.05, 3.63) is 28.5 Å². The summed E-state index contributed by atoms with van der Waals surface area (Å²) in [4.78, 5) is 4.42. The molecule has 0 amide bonds. The first-order chi connectivity index (χ1) is 7.81. The summed E-state index contributed by atoms with van der Waals surface area (Å²) in [5.41, 5.74) is 1.05. The molecule has 1 fully saturated rings. The fourth-order valence-electron chi connectivity index (χ4n) is 2.06. The third kappa shape index (κ3) is 2.81. The van der Waals surface area contributed by atoms with Crippen LogP contribution in [0.1, 0.15) is 25.1 Å². The maximum atomic E-state index is 5.77. The molecule has 4 heteroatoms. The van der Waals surface area contributed by atoms with Gasteiger partial charge in [0.1, 0.15) is 6.10 Å². The van der Waals surface area contributed by atoms with Crippen molar-refractivity contribution >= 4 is 15.9 Å². The lowest BCUT2D eigenvalue weighted by molar-refractivity contribution is 0.0872. The molecule has 1 aromatic heterocycles. The second-order valence-corrected chi connectivity index (χ2v) is 4.96. The average Bonchev–Trinajstić information content (AvgIpc) is 2.75. The Bertz CT molecular complexity index is 328. The van der Waals surface area contributed by atoms with Gasteiger partial charge in [0.25, 0.3) is 0 Å². The number of pyridine rings is 1. The highest BCUT2D eigenvalue weighted by atomic mass is 79.9. The van der Waals surface area contributed by atoms with Gasteiger partial charge < -0.3 is 10.1 Å². The second-order valence-electron chi connectivity index (χ2n) is 4.05. The molecule has 2 unspecified atom stereocenters. The molecular weight excluding hydrogens is 268 g/mol. The van der Waals surface area contributed by atoms with Gasteiger partial charge in [0.05, 0.1) is 5.69 Å². The first-order valence-electron chi connectivity index (χ1n) is 5.75. The van der Waals surface area contributed by atoms with E-state index in [-0.39, 0.29) is 6.10 Å². The number of hydrogen-bond acceptors (Lipinski definition) is 3. The lowest BCUT2D eigenvalue weighted by atomic mass is 9.98. The highest BCUT2D eigenvalue weighted by Gasteiger charge is 2.29. The van der Waals surface area contributed by atoms with Crippen molar-refractivity contribution in [2.24, 2.45) is 5.92 Å². The Kier molecular flexibility index (Phi) is 4.32. The minimum Gasteiger partial charge on any atom is -0.372 e. The van der Waals surface area contributed by atoms with E-state index >= 15 is 0 Å². The van der Waals surface area contributed by atoms with Gasteiger partial charge in [-0.05, 0) is 41.0 Å². The molecule has 1 N–H and O–H groups in total. The Morgan fingerprint density at radius 2 is 2.44 bits per heavy atom. The zero-order valence-corrected chi connectivity index (χ0v) is 11.0. The summed E-state index contributed by atoms with van der Waals surface area (Å²) in [6.45, 7) is 5.00. The Hall–Kier alpha value is -0.450. The highest BCUT2D eigenvalue weighted by Crippen LogP contribution is 2.33. The minimum absolute atomic E-state index is 0.159. The van der Waals surface area contributed by atoms with Gasteiger partial charge >= 0.3 is 0 Å². The maximum absolute atomic E-state index is 5.77. The van der Waals surface area contributed by atoms with Crippen LogP contribution in [-0.2, 0) is 4.74 Å². The normalized spacial score (nSPS) is 24.9. The van der Waals surface area contributed by atoms with Crippen molar-refractivity contribution in [3.8, 4) is 0 Å². The number of halogens is 1. The Balaban J connectivity index is 2.04. The van der Waals surface area contributed by atoms with E-state index in [1.54, 1.807) is 0 Å². The zero-order valence-electron chi connectivity index (χ0n) is 9.45. The van der Waals surface area contributed by atoms with Crippen LogP contribution >= 0.6 is 15.9 Å². The fraction of sp³-hybridized carbons (Fsp3) is 0.583. The molecule has 2 rings (SSSR count). The van der Waals surface area contributed by atoms with E-state index in [2.05, 4.69) is 33.2 Å². The molecule has 0 radical (unpaired) electrons. The fourth-order valence-corrected chi connectivity index (χ4v) is 2.29. The van der Waals surface area contributed by atoms with Crippen molar-refractivity contribution in [2.75, 3.05) is 19.7 Å². The van der Waals surface area contributed by atoms with Crippen LogP contribution in [0.3, 0.4) is 0 Å². The van der Waals surface area contributed by atoms with Crippen LogP contribution in [0, 0.1) is 5.92 Å². The molecule has 16 heavy (non-hydrogen) atoms. The lowest BCUT2D eigenvalue weighted by Gasteiger charge is -2.18. The van der Waals surface area contributed by atoms with Gasteiger partial charge in [-0.3, -0.25) is 4.98 Å². The molecule has 1 aliphatic heterocycles. The van der Waals surface area contributed by atoms with E-state index in [0.717, 1.165) is 36.3 Å². The molecule has 1 saturated heterocycles. The molecule has 0 spiro atoms. The molecule has 1 aromatic rings. The quantitative estimate of drug-likeness (QED) is 0.923. The average molecular weight is 285 g/mol. The summed E-state index contributed by atoms with van der Waals surface area (Å²) < 4.78 is 6.78. The van der Waals surface area contributed by atoms with Crippen molar-refractivity contribution in [3.63, 3.8) is 0 Å². The molecule has 0 saturated carbocycles. The second kappa shape index (κ2) is 5.75. The predicted octanol–water partition coefficient (Wildman–Crippen LogP) is 2.53. The lowest BCUT2D eigenvalue weighted by Crippen LogP contribution is -2.24. The van der Waals surface area contributed by atoms with Crippen LogP contribution in [0.5, 0.6) is 0 Å². The van der Waals surface area contributed by atoms with Gasteiger partial charge in [-0.15, -0.1) is 0 Å². The van der Waals surface area contributed by atoms with Gasteiger partial charge in [0.15, 0.2) is 0 Å². The Labute approximate surface area is 105 Å². The van der Waals surface area contributed by atoms with Crippen LogP contribution in [0.15, 0.2) is 22.8 Å². The number of rotatable bonds is 4. The van der Waals surface area contributed by atoms with E-state index in [1.807, 2.05) is 18.3 Å². The summed E-state index contributed by atoms with van der Waals surface area (Å²) in [5, 5.41) is 3.38. The molecular formula is C12H17BrN2O. The van der Waals surface area contributed by atoms with Gasteiger partial charge in [-0.1, -0.05) is 6.92 Å².